The van der Waals surface area contributed by atoms with E-state index in [0.29, 0.717) is 0 Å². The Kier molecular flexibility index (Phi) is 1.49. The highest BCUT2D eigenvalue weighted by Gasteiger charge is 2.20. The zero-order valence-corrected chi connectivity index (χ0v) is 7.91. The fourth-order valence-corrected chi connectivity index (χ4v) is 1.87. The summed E-state index contributed by atoms with van der Waals surface area (Å²) < 4.78 is 1.84. The van der Waals surface area contributed by atoms with Gasteiger partial charge in [0.15, 0.2) is 0 Å². The van der Waals surface area contributed by atoms with Crippen LogP contribution >= 0.6 is 0 Å². The van der Waals surface area contributed by atoms with Gasteiger partial charge in [0.2, 0.25) is 0 Å². The van der Waals surface area contributed by atoms with Crippen LogP contribution in [0.1, 0.15) is 11.3 Å². The van der Waals surface area contributed by atoms with E-state index in [1.165, 1.54) is 11.3 Å². The fourth-order valence-electron chi connectivity index (χ4n) is 1.87. The minimum atomic E-state index is 0.889. The second-order valence-corrected chi connectivity index (χ2v) is 3.47. The van der Waals surface area contributed by atoms with Crippen molar-refractivity contribution in [2.75, 3.05) is 0 Å². The van der Waals surface area contributed by atoms with Gasteiger partial charge in [-0.2, -0.15) is 10.2 Å². The lowest BCUT2D eigenvalue weighted by Gasteiger charge is -1.99. The van der Waals surface area contributed by atoms with Gasteiger partial charge in [-0.05, 0) is 6.07 Å². The third-order valence-electron chi connectivity index (χ3n) is 2.62. The maximum atomic E-state index is 4.32. The Morgan fingerprint density at radius 1 is 1.43 bits per heavy atom. The summed E-state index contributed by atoms with van der Waals surface area (Å²) in [6.45, 7) is 1.78. The first kappa shape index (κ1) is 7.75. The van der Waals surface area contributed by atoms with Crippen molar-refractivity contribution in [1.29, 1.82) is 0 Å². The Bertz CT molecular complexity index is 467. The van der Waals surface area contributed by atoms with Gasteiger partial charge in [0.25, 0.3) is 0 Å². The standard InChI is InChI=1S/C9H11N5/c1-14-8(2-3-11-14)9-6-4-10-5-7(6)12-13-9/h2-3,10H,4-5H2,1H3,(H,12,13). The maximum absolute atomic E-state index is 4.32. The summed E-state index contributed by atoms with van der Waals surface area (Å²) in [7, 11) is 1.93. The topological polar surface area (TPSA) is 58.5 Å². The van der Waals surface area contributed by atoms with Crippen molar-refractivity contribution in [3.8, 4) is 11.4 Å². The number of H-pyrrole nitrogens is 1. The van der Waals surface area contributed by atoms with Gasteiger partial charge in [0, 0.05) is 31.9 Å². The molecule has 3 heterocycles. The first-order valence-corrected chi connectivity index (χ1v) is 4.61. The van der Waals surface area contributed by atoms with Crippen LogP contribution in [0.25, 0.3) is 11.4 Å². The molecule has 0 amide bonds. The Balaban J connectivity index is 2.17. The molecule has 2 aromatic heterocycles. The van der Waals surface area contributed by atoms with Gasteiger partial charge in [-0.1, -0.05) is 0 Å². The van der Waals surface area contributed by atoms with Crippen LogP contribution in [-0.4, -0.2) is 20.0 Å². The third kappa shape index (κ3) is 0.927. The highest BCUT2D eigenvalue weighted by Crippen LogP contribution is 2.25. The number of fused-ring (bicyclic) bond motifs is 1. The predicted octanol–water partition coefficient (Wildman–Crippen LogP) is 0.413. The molecule has 0 radical (unpaired) electrons. The van der Waals surface area contributed by atoms with E-state index in [0.717, 1.165) is 24.5 Å². The number of aryl methyl sites for hydroxylation is 1. The number of aromatic amines is 1. The number of hydrogen-bond donors (Lipinski definition) is 2. The maximum Gasteiger partial charge on any atom is 0.115 e. The average Bonchev–Trinajstić information content (AvgIpc) is 2.78. The van der Waals surface area contributed by atoms with Gasteiger partial charge in [0.05, 0.1) is 11.4 Å². The molecule has 2 N–H and O–H groups in total. The lowest BCUT2D eigenvalue weighted by atomic mass is 10.2. The molecule has 5 nitrogen and oxygen atoms in total. The van der Waals surface area contributed by atoms with Crippen molar-refractivity contribution in [3.63, 3.8) is 0 Å². The summed E-state index contributed by atoms with van der Waals surface area (Å²) in [5.41, 5.74) is 4.55. The summed E-state index contributed by atoms with van der Waals surface area (Å²) >= 11 is 0. The zero-order valence-electron chi connectivity index (χ0n) is 7.91. The van der Waals surface area contributed by atoms with Gasteiger partial charge in [-0.15, -0.1) is 0 Å². The molecule has 0 fully saturated rings. The number of nitrogens with zero attached hydrogens (tertiary/aromatic N) is 3. The van der Waals surface area contributed by atoms with Crippen LogP contribution in [0.5, 0.6) is 0 Å². The van der Waals surface area contributed by atoms with Gasteiger partial charge >= 0.3 is 0 Å². The van der Waals surface area contributed by atoms with Crippen LogP contribution in [0.3, 0.4) is 0 Å². The van der Waals surface area contributed by atoms with E-state index < -0.39 is 0 Å². The van der Waals surface area contributed by atoms with Gasteiger partial charge < -0.3 is 5.32 Å². The summed E-state index contributed by atoms with van der Waals surface area (Å²) in [5, 5.41) is 14.8. The summed E-state index contributed by atoms with van der Waals surface area (Å²) in [4.78, 5) is 0. The van der Waals surface area contributed by atoms with E-state index in [9.17, 15) is 0 Å². The Morgan fingerprint density at radius 3 is 3.14 bits per heavy atom. The smallest absolute Gasteiger partial charge is 0.115 e. The van der Waals surface area contributed by atoms with Gasteiger partial charge in [0.1, 0.15) is 5.69 Å². The molecule has 3 rings (SSSR count). The van der Waals surface area contributed by atoms with E-state index in [-0.39, 0.29) is 0 Å². The Morgan fingerprint density at radius 2 is 2.36 bits per heavy atom. The molecule has 72 valence electrons. The molecule has 0 spiro atoms. The molecule has 0 aromatic carbocycles. The zero-order chi connectivity index (χ0) is 9.54. The van der Waals surface area contributed by atoms with Crippen molar-refractivity contribution < 1.29 is 0 Å². The minimum Gasteiger partial charge on any atom is -0.307 e. The normalized spacial score (nSPS) is 14.6. The van der Waals surface area contributed by atoms with E-state index in [1.807, 2.05) is 17.8 Å². The second-order valence-electron chi connectivity index (χ2n) is 3.47. The molecule has 0 atom stereocenters. The summed E-state index contributed by atoms with van der Waals surface area (Å²) in [5.74, 6) is 0. The van der Waals surface area contributed by atoms with Crippen LogP contribution in [0.4, 0.5) is 0 Å². The SMILES string of the molecule is Cn1nccc1-c1n[nH]c2c1CNC2. The van der Waals surface area contributed by atoms with E-state index >= 15 is 0 Å². The van der Waals surface area contributed by atoms with Crippen LogP contribution in [0.2, 0.25) is 0 Å². The molecule has 5 heteroatoms. The molecule has 0 unspecified atom stereocenters. The van der Waals surface area contributed by atoms with E-state index in [4.69, 9.17) is 0 Å². The highest BCUT2D eigenvalue weighted by atomic mass is 15.3. The molecular weight excluding hydrogens is 178 g/mol. The molecular formula is C9H11N5. The number of hydrogen-bond acceptors (Lipinski definition) is 3. The fraction of sp³-hybridized carbons (Fsp3) is 0.333. The van der Waals surface area contributed by atoms with E-state index in [2.05, 4.69) is 20.6 Å². The van der Waals surface area contributed by atoms with Crippen LogP contribution in [0, 0.1) is 0 Å². The molecule has 1 aliphatic rings. The van der Waals surface area contributed by atoms with Crippen molar-refractivity contribution >= 4 is 0 Å². The van der Waals surface area contributed by atoms with Gasteiger partial charge in [-0.3, -0.25) is 9.78 Å². The van der Waals surface area contributed by atoms with Crippen molar-refractivity contribution in [1.82, 2.24) is 25.3 Å². The summed E-state index contributed by atoms with van der Waals surface area (Å²) in [6.07, 6.45) is 1.79. The number of nitrogens with one attached hydrogen (secondary N) is 2. The third-order valence-corrected chi connectivity index (χ3v) is 2.62. The minimum absolute atomic E-state index is 0.889. The van der Waals surface area contributed by atoms with Crippen molar-refractivity contribution in [2.24, 2.45) is 7.05 Å². The molecule has 0 aliphatic carbocycles. The monoisotopic (exact) mass is 189 g/mol. The van der Waals surface area contributed by atoms with E-state index in [1.54, 1.807) is 6.20 Å². The quantitative estimate of drug-likeness (QED) is 0.683. The average molecular weight is 189 g/mol. The molecule has 0 saturated carbocycles. The molecule has 2 aromatic rings. The Labute approximate surface area is 81.1 Å². The molecule has 0 bridgehead atoms. The predicted molar refractivity (Wildman–Crippen MR) is 51.3 cm³/mol. The van der Waals surface area contributed by atoms with Gasteiger partial charge in [-0.25, -0.2) is 0 Å². The van der Waals surface area contributed by atoms with Crippen LogP contribution in [-0.2, 0) is 20.1 Å². The largest absolute Gasteiger partial charge is 0.307 e. The molecule has 14 heavy (non-hydrogen) atoms. The molecule has 1 aliphatic heterocycles. The first-order valence-electron chi connectivity index (χ1n) is 4.61. The summed E-state index contributed by atoms with van der Waals surface area (Å²) in [6, 6.07) is 1.98. The molecule has 0 saturated heterocycles. The van der Waals surface area contributed by atoms with Crippen LogP contribution < -0.4 is 5.32 Å². The van der Waals surface area contributed by atoms with Crippen molar-refractivity contribution in [2.45, 2.75) is 13.1 Å². The number of rotatable bonds is 1. The van der Waals surface area contributed by atoms with Crippen LogP contribution in [0.15, 0.2) is 12.3 Å². The Hall–Kier alpha value is -1.62. The lowest BCUT2D eigenvalue weighted by Crippen LogP contribution is -2.03. The lowest BCUT2D eigenvalue weighted by molar-refractivity contribution is 0.737. The van der Waals surface area contributed by atoms with Crippen molar-refractivity contribution in [3.05, 3.63) is 23.5 Å². The first-order chi connectivity index (χ1) is 6.86. The number of aromatic nitrogens is 4. The second kappa shape index (κ2) is 2.68. The highest BCUT2D eigenvalue weighted by molar-refractivity contribution is 5.60.